The standard InChI is InChI=1S/C20H28N2O3S/c1-12(2)15-7-5-13(3)9-18(15)25-19(23)11-26-20-21-16-8-6-14(24-4)10-17(16)22-20/h6,8,10,12-13,15,18H,5,7,9,11H2,1-4H3,(H,21,22)/t13-,15+,18+/m0/s1. The van der Waals surface area contributed by atoms with Crippen LogP contribution >= 0.6 is 11.8 Å². The molecular weight excluding hydrogens is 348 g/mol. The number of esters is 1. The molecule has 2 aromatic rings. The number of thioether (sulfide) groups is 1. The SMILES string of the molecule is COc1ccc2nc(SCC(=O)O[C@@H]3C[C@@H](C)CC[C@@H]3C(C)C)[nH]c2c1. The third-order valence-corrected chi connectivity index (χ3v) is 6.09. The lowest BCUT2D eigenvalue weighted by Gasteiger charge is -2.36. The number of benzene rings is 1. The van der Waals surface area contributed by atoms with Crippen molar-refractivity contribution in [2.75, 3.05) is 12.9 Å². The highest BCUT2D eigenvalue weighted by Gasteiger charge is 2.33. The summed E-state index contributed by atoms with van der Waals surface area (Å²) in [6.07, 6.45) is 3.40. The van der Waals surface area contributed by atoms with E-state index in [0.29, 0.717) is 17.8 Å². The normalized spacial score (nSPS) is 23.3. The molecule has 0 spiro atoms. The molecule has 5 nitrogen and oxygen atoms in total. The number of fused-ring (bicyclic) bond motifs is 1. The van der Waals surface area contributed by atoms with Gasteiger partial charge in [-0.3, -0.25) is 4.79 Å². The van der Waals surface area contributed by atoms with Gasteiger partial charge in [0.05, 0.1) is 23.9 Å². The fourth-order valence-electron chi connectivity index (χ4n) is 3.74. The predicted molar refractivity (Wildman–Crippen MR) is 105 cm³/mol. The molecule has 0 aliphatic heterocycles. The first-order valence-corrected chi connectivity index (χ1v) is 10.3. The summed E-state index contributed by atoms with van der Waals surface area (Å²) in [7, 11) is 1.64. The predicted octanol–water partition coefficient (Wildman–Crippen LogP) is 4.67. The summed E-state index contributed by atoms with van der Waals surface area (Å²) in [5, 5.41) is 0.725. The van der Waals surface area contributed by atoms with Gasteiger partial charge in [-0.25, -0.2) is 4.98 Å². The van der Waals surface area contributed by atoms with E-state index in [1.165, 1.54) is 18.2 Å². The van der Waals surface area contributed by atoms with E-state index in [4.69, 9.17) is 9.47 Å². The third kappa shape index (κ3) is 4.53. The van der Waals surface area contributed by atoms with Crippen LogP contribution in [-0.4, -0.2) is 34.9 Å². The van der Waals surface area contributed by atoms with Crippen LogP contribution < -0.4 is 4.74 Å². The van der Waals surface area contributed by atoms with E-state index in [0.717, 1.165) is 34.8 Å². The third-order valence-electron chi connectivity index (χ3n) is 5.24. The minimum Gasteiger partial charge on any atom is -0.497 e. The molecule has 1 N–H and O–H groups in total. The molecule has 1 aromatic carbocycles. The van der Waals surface area contributed by atoms with Gasteiger partial charge in [-0.1, -0.05) is 39.0 Å². The molecule has 3 atom stereocenters. The second-order valence-corrected chi connectivity index (χ2v) is 8.53. The van der Waals surface area contributed by atoms with Gasteiger partial charge in [0.2, 0.25) is 0 Å². The molecule has 1 aliphatic rings. The van der Waals surface area contributed by atoms with Crippen molar-refractivity contribution >= 4 is 28.8 Å². The Kier molecular flexibility index (Phi) is 6.12. The topological polar surface area (TPSA) is 64.2 Å². The number of carbonyl (C=O) groups is 1. The Bertz CT molecular complexity index is 759. The lowest BCUT2D eigenvalue weighted by molar-refractivity contribution is -0.152. The molecule has 1 fully saturated rings. The Labute approximate surface area is 159 Å². The monoisotopic (exact) mass is 376 g/mol. The Balaban J connectivity index is 1.58. The number of hydrogen-bond donors (Lipinski definition) is 1. The molecule has 1 aliphatic carbocycles. The molecule has 142 valence electrons. The summed E-state index contributed by atoms with van der Waals surface area (Å²) in [6, 6.07) is 5.69. The van der Waals surface area contributed by atoms with E-state index < -0.39 is 0 Å². The van der Waals surface area contributed by atoms with Gasteiger partial charge < -0.3 is 14.5 Å². The summed E-state index contributed by atoms with van der Waals surface area (Å²) < 4.78 is 11.1. The highest BCUT2D eigenvalue weighted by molar-refractivity contribution is 7.99. The number of nitrogens with zero attached hydrogens (tertiary/aromatic N) is 1. The minimum atomic E-state index is -0.155. The molecule has 0 unspecified atom stereocenters. The fraction of sp³-hybridized carbons (Fsp3) is 0.600. The van der Waals surface area contributed by atoms with Gasteiger partial charge in [-0.05, 0) is 42.7 Å². The van der Waals surface area contributed by atoms with E-state index in [2.05, 4.69) is 30.7 Å². The van der Waals surface area contributed by atoms with Gasteiger partial charge in [0, 0.05) is 6.07 Å². The van der Waals surface area contributed by atoms with Gasteiger partial charge in [-0.15, -0.1) is 0 Å². The number of methoxy groups -OCH3 is 1. The first-order chi connectivity index (χ1) is 12.5. The zero-order valence-electron chi connectivity index (χ0n) is 16.0. The molecule has 0 radical (unpaired) electrons. The molecule has 0 amide bonds. The van der Waals surface area contributed by atoms with Crippen molar-refractivity contribution in [2.24, 2.45) is 17.8 Å². The summed E-state index contributed by atoms with van der Waals surface area (Å²) in [5.74, 6) is 2.53. The highest BCUT2D eigenvalue weighted by atomic mass is 32.2. The van der Waals surface area contributed by atoms with E-state index >= 15 is 0 Å². The van der Waals surface area contributed by atoms with Crippen LogP contribution in [0.4, 0.5) is 0 Å². The van der Waals surface area contributed by atoms with Crippen molar-refractivity contribution in [1.29, 1.82) is 0 Å². The number of hydrogen-bond acceptors (Lipinski definition) is 5. The average molecular weight is 377 g/mol. The number of imidazole rings is 1. The van der Waals surface area contributed by atoms with E-state index in [-0.39, 0.29) is 17.8 Å². The quantitative estimate of drug-likeness (QED) is 0.586. The van der Waals surface area contributed by atoms with Crippen molar-refractivity contribution in [3.8, 4) is 5.75 Å². The van der Waals surface area contributed by atoms with Crippen LogP contribution in [0.25, 0.3) is 11.0 Å². The Morgan fingerprint density at radius 1 is 1.38 bits per heavy atom. The molecule has 0 bridgehead atoms. The summed E-state index contributed by atoms with van der Waals surface area (Å²) in [6.45, 7) is 6.69. The second kappa shape index (κ2) is 8.33. The minimum absolute atomic E-state index is 0.0479. The van der Waals surface area contributed by atoms with Crippen LogP contribution in [0, 0.1) is 17.8 Å². The molecule has 1 saturated carbocycles. The fourth-order valence-corrected chi connectivity index (χ4v) is 4.41. The van der Waals surface area contributed by atoms with Crippen molar-refractivity contribution < 1.29 is 14.3 Å². The Morgan fingerprint density at radius 2 is 2.19 bits per heavy atom. The van der Waals surface area contributed by atoms with Crippen molar-refractivity contribution in [3.05, 3.63) is 18.2 Å². The smallest absolute Gasteiger partial charge is 0.316 e. The number of rotatable bonds is 6. The first kappa shape index (κ1) is 19.1. The van der Waals surface area contributed by atoms with Crippen LogP contribution in [0.15, 0.2) is 23.4 Å². The Morgan fingerprint density at radius 3 is 2.92 bits per heavy atom. The maximum absolute atomic E-state index is 12.4. The molecular formula is C20H28N2O3S. The summed E-state index contributed by atoms with van der Waals surface area (Å²) >= 11 is 1.38. The van der Waals surface area contributed by atoms with Gasteiger partial charge >= 0.3 is 5.97 Å². The van der Waals surface area contributed by atoms with E-state index in [9.17, 15) is 4.79 Å². The van der Waals surface area contributed by atoms with Gasteiger partial charge in [0.1, 0.15) is 11.9 Å². The van der Waals surface area contributed by atoms with Gasteiger partial charge in [-0.2, -0.15) is 0 Å². The number of H-pyrrole nitrogens is 1. The van der Waals surface area contributed by atoms with Crippen LogP contribution in [0.2, 0.25) is 0 Å². The number of ether oxygens (including phenoxy) is 2. The van der Waals surface area contributed by atoms with Crippen LogP contribution in [0.5, 0.6) is 5.75 Å². The van der Waals surface area contributed by atoms with Crippen molar-refractivity contribution in [2.45, 2.75) is 51.3 Å². The zero-order valence-corrected chi connectivity index (χ0v) is 16.8. The lowest BCUT2D eigenvalue weighted by atomic mass is 9.75. The van der Waals surface area contributed by atoms with Crippen LogP contribution in [-0.2, 0) is 9.53 Å². The number of carbonyl (C=O) groups excluding carboxylic acids is 1. The zero-order chi connectivity index (χ0) is 18.7. The van der Waals surface area contributed by atoms with Crippen LogP contribution in [0.3, 0.4) is 0 Å². The largest absolute Gasteiger partial charge is 0.497 e. The van der Waals surface area contributed by atoms with E-state index in [1.807, 2.05) is 18.2 Å². The lowest BCUT2D eigenvalue weighted by Crippen LogP contribution is -2.36. The molecule has 1 aromatic heterocycles. The first-order valence-electron chi connectivity index (χ1n) is 9.32. The maximum atomic E-state index is 12.4. The summed E-state index contributed by atoms with van der Waals surface area (Å²) in [5.41, 5.74) is 1.77. The highest BCUT2D eigenvalue weighted by Crippen LogP contribution is 2.35. The molecule has 3 rings (SSSR count). The molecule has 6 heteroatoms. The summed E-state index contributed by atoms with van der Waals surface area (Å²) in [4.78, 5) is 20.1. The second-order valence-electron chi connectivity index (χ2n) is 7.57. The van der Waals surface area contributed by atoms with Gasteiger partial charge in [0.25, 0.3) is 0 Å². The molecule has 0 saturated heterocycles. The Hall–Kier alpha value is -1.69. The van der Waals surface area contributed by atoms with Crippen molar-refractivity contribution in [3.63, 3.8) is 0 Å². The molecule has 26 heavy (non-hydrogen) atoms. The average Bonchev–Trinajstić information content (AvgIpc) is 3.01. The molecule has 1 heterocycles. The number of nitrogens with one attached hydrogen (secondary N) is 1. The van der Waals surface area contributed by atoms with Gasteiger partial charge in [0.15, 0.2) is 5.16 Å². The number of aromatic nitrogens is 2. The van der Waals surface area contributed by atoms with Crippen molar-refractivity contribution in [1.82, 2.24) is 9.97 Å². The van der Waals surface area contributed by atoms with E-state index in [1.54, 1.807) is 7.11 Å². The number of aromatic amines is 1. The van der Waals surface area contributed by atoms with Crippen LogP contribution in [0.1, 0.15) is 40.0 Å². The maximum Gasteiger partial charge on any atom is 0.316 e.